The number of carbonyl (C=O) groups excluding carboxylic acids is 4. The van der Waals surface area contributed by atoms with E-state index in [0.29, 0.717) is 27.6 Å². The van der Waals surface area contributed by atoms with Gasteiger partial charge in [0.05, 0.1) is 76.3 Å². The Hall–Kier alpha value is -10.6. The summed E-state index contributed by atoms with van der Waals surface area (Å²) in [5, 5.41) is 31.2. The topological polar surface area (TPSA) is 255 Å². The van der Waals surface area contributed by atoms with Gasteiger partial charge in [-0.15, -0.1) is 0 Å². The Labute approximate surface area is 561 Å². The molecule has 2 saturated carbocycles. The molecule has 4 aliphatic rings. The lowest BCUT2D eigenvalue weighted by Crippen LogP contribution is -2.52. The maximum atomic E-state index is 12.8. The summed E-state index contributed by atoms with van der Waals surface area (Å²) < 4.78 is 24.8. The van der Waals surface area contributed by atoms with Gasteiger partial charge in [0, 0.05) is 40.2 Å². The molecule has 4 aromatic heterocycles. The fraction of sp³-hybridized carbons (Fsp3) is 0.243. The van der Waals surface area contributed by atoms with Gasteiger partial charge >= 0.3 is 31.2 Å². The number of carbonyl (C=O) groups is 4. The normalized spacial score (nSPS) is 14.0. The molecule has 2 aliphatic carbocycles. The van der Waals surface area contributed by atoms with Crippen molar-refractivity contribution in [3.63, 3.8) is 0 Å². The van der Waals surface area contributed by atoms with Crippen molar-refractivity contribution in [2.45, 2.75) is 102 Å². The molecule has 0 saturated heterocycles. The van der Waals surface area contributed by atoms with Crippen LogP contribution in [0.2, 0.25) is 5.15 Å². The number of fused-ring (bicyclic) bond motifs is 10. The molecule has 0 spiro atoms. The zero-order valence-corrected chi connectivity index (χ0v) is 55.1. The zero-order valence-electron chi connectivity index (χ0n) is 54.4. The largest absolute Gasteiger partial charge is 0.488 e. The summed E-state index contributed by atoms with van der Waals surface area (Å²) in [6.07, 6.45) is 8.23. The molecule has 0 radical (unpaired) electrons. The number of hydrogen-bond donors (Lipinski definition) is 6. The van der Waals surface area contributed by atoms with Gasteiger partial charge in [-0.05, 0) is 169 Å². The number of esters is 2. The third-order valence-corrected chi connectivity index (χ3v) is 17.4. The summed E-state index contributed by atoms with van der Waals surface area (Å²) in [5.74, 6) is 2.12. The van der Waals surface area contributed by atoms with Gasteiger partial charge in [0.15, 0.2) is 16.8 Å². The quantitative estimate of drug-likeness (QED) is 0.0423. The van der Waals surface area contributed by atoms with Gasteiger partial charge in [0.1, 0.15) is 22.9 Å². The second-order valence-electron chi connectivity index (χ2n) is 25.8. The summed E-state index contributed by atoms with van der Waals surface area (Å²) in [5.41, 5.74) is 11.8. The molecule has 0 atom stereocenters. The number of hydrogen-bond acceptors (Lipinski definition) is 16. The van der Waals surface area contributed by atoms with Gasteiger partial charge in [-0.3, -0.25) is 9.13 Å². The molecule has 2 amide bonds. The predicted molar refractivity (Wildman–Crippen MR) is 370 cm³/mol. The van der Waals surface area contributed by atoms with E-state index < -0.39 is 53.5 Å². The van der Waals surface area contributed by atoms with Crippen LogP contribution in [0.3, 0.4) is 0 Å². The smallest absolute Gasteiger partial charge is 0.465 e. The van der Waals surface area contributed by atoms with Crippen LogP contribution in [0.5, 0.6) is 0 Å². The number of imidazole rings is 2. The van der Waals surface area contributed by atoms with E-state index in [0.717, 1.165) is 135 Å². The van der Waals surface area contributed by atoms with Crippen molar-refractivity contribution in [3.05, 3.63) is 210 Å². The van der Waals surface area contributed by atoms with Crippen molar-refractivity contribution in [2.75, 3.05) is 24.9 Å². The van der Waals surface area contributed by atoms with Crippen molar-refractivity contribution in [2.24, 2.45) is 0 Å². The highest BCUT2D eigenvalue weighted by Crippen LogP contribution is 2.48. The van der Waals surface area contributed by atoms with Crippen molar-refractivity contribution in [3.8, 4) is 67.9 Å². The third-order valence-electron chi connectivity index (χ3n) is 17.1. The second kappa shape index (κ2) is 26.7. The predicted octanol–water partition coefficient (Wildman–Crippen LogP) is 14.4. The van der Waals surface area contributed by atoms with Gasteiger partial charge in [-0.1, -0.05) is 109 Å². The van der Waals surface area contributed by atoms with E-state index in [-0.39, 0.29) is 0 Å². The first-order valence-electron chi connectivity index (χ1n) is 31.6. The second-order valence-corrected chi connectivity index (χ2v) is 26.2. The van der Waals surface area contributed by atoms with Crippen LogP contribution in [-0.4, -0.2) is 95.8 Å². The zero-order chi connectivity index (χ0) is 67.7. The van der Waals surface area contributed by atoms with E-state index in [4.69, 9.17) is 45.8 Å². The Morgan fingerprint density at radius 1 is 0.521 bits per heavy atom. The van der Waals surface area contributed by atoms with Gasteiger partial charge in [-0.25, -0.2) is 39.1 Å². The molecule has 6 N–H and O–H groups in total. The van der Waals surface area contributed by atoms with Crippen LogP contribution in [0.15, 0.2) is 182 Å². The maximum Gasteiger partial charge on any atom is 0.488 e. The minimum Gasteiger partial charge on any atom is -0.465 e. The van der Waals surface area contributed by atoms with E-state index in [2.05, 4.69) is 81.5 Å². The highest BCUT2D eigenvalue weighted by Gasteiger charge is 2.43. The fourth-order valence-corrected chi connectivity index (χ4v) is 12.5. The number of alkyl carbamates (subject to hydrolysis) is 2. The number of rotatable bonds is 10. The maximum absolute atomic E-state index is 12.8. The first-order chi connectivity index (χ1) is 46.0. The molecule has 14 rings (SSSR count). The average molecular weight is 1310 g/mol. The molecular weight excluding hydrogens is 1240 g/mol. The number of pyridine rings is 2. The molecule has 6 heterocycles. The molecule has 10 aromatic rings. The summed E-state index contributed by atoms with van der Waals surface area (Å²) in [7, 11) is 1.15. The molecule has 20 nitrogen and oxygen atoms in total. The SMILES string of the molecule is CC(C)(C)OC(=O)NC1(c2ccc(-c3c(Cl)nc4n3-c3cccnc3Nc3ccccc3-4)cc2)CCC1.COC(=O)c1ccc(-c2nc3n(c2-c2ccc(C4(NC(=O)OC(C)(C)C)CCC4)cc2)-c2cccnc2Nc2ccccc2-3)cc1.COC(=O)c1ccc(B(O)O)cc1. The summed E-state index contributed by atoms with van der Waals surface area (Å²) in [4.78, 5) is 67.9. The molecule has 2 fully saturated rings. The summed E-state index contributed by atoms with van der Waals surface area (Å²) in [6.45, 7) is 11.2. The van der Waals surface area contributed by atoms with Crippen LogP contribution < -0.4 is 26.7 Å². The molecule has 488 valence electrons. The lowest BCUT2D eigenvalue weighted by molar-refractivity contribution is 0.0365. The van der Waals surface area contributed by atoms with E-state index in [1.807, 2.05) is 139 Å². The first-order valence-corrected chi connectivity index (χ1v) is 31.9. The molecule has 2 aliphatic heterocycles. The van der Waals surface area contributed by atoms with Gasteiger partial charge in [-0.2, -0.15) is 0 Å². The van der Waals surface area contributed by atoms with Crippen LogP contribution in [0, 0.1) is 0 Å². The van der Waals surface area contributed by atoms with Crippen LogP contribution in [0.4, 0.5) is 32.6 Å². The number of nitrogens with one attached hydrogen (secondary N) is 4. The molecule has 0 bridgehead atoms. The van der Waals surface area contributed by atoms with Crippen LogP contribution in [0.25, 0.3) is 67.9 Å². The minimum atomic E-state index is -1.51. The fourth-order valence-electron chi connectivity index (χ4n) is 12.3. The third kappa shape index (κ3) is 13.4. The first kappa shape index (κ1) is 65.5. The van der Waals surface area contributed by atoms with Crippen LogP contribution in [-0.2, 0) is 30.0 Å². The number of amides is 2. The monoisotopic (exact) mass is 1310 g/mol. The number of aromatic nitrogens is 6. The number of nitrogens with zero attached hydrogens (tertiary/aromatic N) is 6. The van der Waals surface area contributed by atoms with Crippen molar-refractivity contribution < 1.29 is 48.2 Å². The Morgan fingerprint density at radius 3 is 1.34 bits per heavy atom. The van der Waals surface area contributed by atoms with Crippen molar-refractivity contribution in [1.82, 2.24) is 39.7 Å². The molecule has 96 heavy (non-hydrogen) atoms. The highest BCUT2D eigenvalue weighted by molar-refractivity contribution is 6.58. The van der Waals surface area contributed by atoms with Gasteiger partial charge < -0.3 is 50.3 Å². The number of methoxy groups -OCH3 is 2. The Morgan fingerprint density at radius 2 is 0.927 bits per heavy atom. The Balaban J connectivity index is 0.000000157. The lowest BCUT2D eigenvalue weighted by atomic mass is 9.71. The van der Waals surface area contributed by atoms with E-state index in [1.165, 1.54) is 38.5 Å². The Bertz CT molecular complexity index is 4550. The molecule has 0 unspecified atom stereocenters. The molecular formula is C74H72BClN10O10. The minimum absolute atomic E-state index is 0.340. The number of anilines is 4. The molecule has 22 heteroatoms. The van der Waals surface area contributed by atoms with E-state index in [9.17, 15) is 19.2 Å². The standard InChI is InChI=1S/C37H35N5O4.C29H28ClN5O2.C8H9BO4/c1-36(2,3)46-35(44)41-37(20-8-21-37)26-18-16-24(17-19-26)31-30(23-12-14-25(15-13-23)34(43)45-4)40-33-27-9-5-6-10-28(27)39-32-29(42(31)33)11-7-22-38-32;1-28(2,3)37-27(36)34-29(15-7-16-29)19-13-11-18(12-14-19)23-24(30)33-26-20-8-4-5-9-21(20)32-25-22(35(23)26)10-6-17-31-25;1-13-8(10)6-2-4-7(5-3-6)9(11)12/h5-7,9-19,22H,8,20-21H2,1-4H3,(H,38,39)(H,41,44);4-6,8-14,17H,7,15-16H2,1-3H3,(H,31,32)(H,34,36);2-5,11-12H,1H3. The molecule has 6 aromatic carbocycles. The van der Waals surface area contributed by atoms with Gasteiger partial charge in [0.25, 0.3) is 0 Å². The van der Waals surface area contributed by atoms with E-state index >= 15 is 0 Å². The number of benzene rings is 6. The average Bonchev–Trinajstić information content (AvgIpc) is 1.54. The van der Waals surface area contributed by atoms with Crippen molar-refractivity contribution >= 4 is 71.3 Å². The number of ether oxygens (including phenoxy) is 4. The number of para-hydroxylation sites is 2. The van der Waals surface area contributed by atoms with Crippen LogP contribution >= 0.6 is 11.6 Å². The Kier molecular flexibility index (Phi) is 18.2. The summed E-state index contributed by atoms with van der Waals surface area (Å²) in [6, 6.07) is 53.7. The van der Waals surface area contributed by atoms with Crippen LogP contribution in [0.1, 0.15) is 112 Å². The highest BCUT2D eigenvalue weighted by atomic mass is 35.5. The van der Waals surface area contributed by atoms with Gasteiger partial charge in [0.2, 0.25) is 0 Å². The lowest BCUT2D eigenvalue weighted by Gasteiger charge is -2.43. The summed E-state index contributed by atoms with van der Waals surface area (Å²) >= 11 is 6.81. The van der Waals surface area contributed by atoms with Crippen molar-refractivity contribution in [1.29, 1.82) is 0 Å². The van der Waals surface area contributed by atoms with E-state index in [1.54, 1.807) is 24.5 Å². The number of halogens is 1.